The summed E-state index contributed by atoms with van der Waals surface area (Å²) in [7, 11) is 1.08. The zero-order valence-electron chi connectivity index (χ0n) is 13.4. The number of methoxy groups -OCH3 is 1. The van der Waals surface area contributed by atoms with Gasteiger partial charge in [-0.1, -0.05) is 0 Å². The summed E-state index contributed by atoms with van der Waals surface area (Å²) >= 11 is 0. The lowest BCUT2D eigenvalue weighted by atomic mass is 9.88. The second-order valence-electron chi connectivity index (χ2n) is 4.93. The molecule has 10 heteroatoms. The van der Waals surface area contributed by atoms with Crippen LogP contribution in [-0.4, -0.2) is 54.0 Å². The molecule has 0 unspecified atom stereocenters. The number of carbonyl (C=O) groups is 4. The first kappa shape index (κ1) is 18.4. The lowest BCUT2D eigenvalue weighted by molar-refractivity contribution is -0.162. The fraction of sp³-hybridized carbons (Fsp3) is 0.615. The summed E-state index contributed by atoms with van der Waals surface area (Å²) in [5.41, 5.74) is 3.48. The number of primary amides is 1. The monoisotopic (exact) mass is 328 g/mol. The van der Waals surface area contributed by atoms with Crippen LogP contribution in [0.4, 0.5) is 4.79 Å². The van der Waals surface area contributed by atoms with E-state index < -0.39 is 35.5 Å². The van der Waals surface area contributed by atoms with Crippen LogP contribution in [0.2, 0.25) is 0 Å². The molecule has 0 aromatic carbocycles. The van der Waals surface area contributed by atoms with Gasteiger partial charge in [-0.15, -0.1) is 0 Å². The molecule has 0 radical (unpaired) electrons. The molecule has 3 N–H and O–H groups in total. The highest BCUT2D eigenvalue weighted by atomic mass is 16.5. The molecule has 1 rings (SSSR count). The maximum absolute atomic E-state index is 12.3. The van der Waals surface area contributed by atoms with Crippen molar-refractivity contribution in [2.45, 2.75) is 32.9 Å². The molecule has 2 atom stereocenters. The molecular formula is C13H20N4O6. The van der Waals surface area contributed by atoms with Crippen molar-refractivity contribution in [3.8, 4) is 0 Å². The van der Waals surface area contributed by atoms with E-state index in [0.717, 1.165) is 14.0 Å². The van der Waals surface area contributed by atoms with Gasteiger partial charge in [0.1, 0.15) is 5.92 Å². The normalized spacial score (nSPS) is 23.6. The van der Waals surface area contributed by atoms with Gasteiger partial charge in [0.25, 0.3) is 0 Å². The first-order valence-corrected chi connectivity index (χ1v) is 6.88. The Morgan fingerprint density at radius 3 is 2.48 bits per heavy atom. The van der Waals surface area contributed by atoms with Crippen LogP contribution >= 0.6 is 0 Å². The lowest BCUT2D eigenvalue weighted by Gasteiger charge is -2.42. The van der Waals surface area contributed by atoms with Crippen molar-refractivity contribution < 1.29 is 28.7 Å². The van der Waals surface area contributed by atoms with E-state index in [9.17, 15) is 19.2 Å². The molecule has 10 nitrogen and oxygen atoms in total. The SMILES string of the molecule is CCOC(=O)[C@@H]1C[C@](NC(C)=O)(C(=O)OC)N(C(N)=O)N=C1C. The number of urea groups is 1. The average molecular weight is 328 g/mol. The highest BCUT2D eigenvalue weighted by Gasteiger charge is 2.54. The number of amides is 3. The topological polar surface area (TPSA) is 140 Å². The largest absolute Gasteiger partial charge is 0.466 e. The second kappa shape index (κ2) is 7.07. The van der Waals surface area contributed by atoms with Crippen molar-refractivity contribution in [2.24, 2.45) is 16.8 Å². The second-order valence-corrected chi connectivity index (χ2v) is 4.93. The van der Waals surface area contributed by atoms with E-state index in [0.29, 0.717) is 5.01 Å². The number of nitrogens with one attached hydrogen (secondary N) is 1. The summed E-state index contributed by atoms with van der Waals surface area (Å²) in [5.74, 6) is -3.16. The average Bonchev–Trinajstić information content (AvgIpc) is 2.47. The van der Waals surface area contributed by atoms with Gasteiger partial charge in [-0.2, -0.15) is 10.1 Å². The third-order valence-corrected chi connectivity index (χ3v) is 3.31. The number of hydrogen-bond donors (Lipinski definition) is 2. The van der Waals surface area contributed by atoms with Gasteiger partial charge in [0, 0.05) is 13.3 Å². The minimum absolute atomic E-state index is 0.132. The molecule has 3 amide bonds. The number of hydrogen-bond acceptors (Lipinski definition) is 7. The summed E-state index contributed by atoms with van der Waals surface area (Å²) in [6, 6.07) is -1.08. The quantitative estimate of drug-likeness (QED) is 0.656. The minimum atomic E-state index is -2.01. The predicted octanol–water partition coefficient (Wildman–Crippen LogP) is -0.669. The van der Waals surface area contributed by atoms with Gasteiger partial charge in [0.15, 0.2) is 0 Å². The highest BCUT2D eigenvalue weighted by molar-refractivity contribution is 6.04. The summed E-state index contributed by atoms with van der Waals surface area (Å²) in [6.45, 7) is 4.40. The molecule has 23 heavy (non-hydrogen) atoms. The standard InChI is InChI=1S/C13H20N4O6/c1-5-23-10(19)9-6-13(11(20)22-4,15-8(3)18)17(12(14)21)16-7(9)2/h9H,5-6H2,1-4H3,(H2,14,21)(H,15,18)/t9-,13-/m1/s1. The molecule has 0 spiro atoms. The molecule has 0 bridgehead atoms. The summed E-state index contributed by atoms with van der Waals surface area (Å²) in [5, 5.41) is 6.84. The van der Waals surface area contributed by atoms with Crippen molar-refractivity contribution in [1.82, 2.24) is 10.3 Å². The fourth-order valence-corrected chi connectivity index (χ4v) is 2.36. The van der Waals surface area contributed by atoms with Gasteiger partial charge < -0.3 is 20.5 Å². The van der Waals surface area contributed by atoms with Crippen LogP contribution in [0.15, 0.2) is 5.10 Å². The number of hydrazone groups is 1. The van der Waals surface area contributed by atoms with Crippen molar-refractivity contribution in [3.05, 3.63) is 0 Å². The Bertz CT molecular complexity index is 561. The van der Waals surface area contributed by atoms with Crippen LogP contribution in [0.5, 0.6) is 0 Å². The van der Waals surface area contributed by atoms with Gasteiger partial charge in [-0.3, -0.25) is 9.59 Å². The van der Waals surface area contributed by atoms with Crippen LogP contribution in [0.3, 0.4) is 0 Å². The zero-order chi connectivity index (χ0) is 17.8. The van der Waals surface area contributed by atoms with Gasteiger partial charge in [-0.25, -0.2) is 9.59 Å². The summed E-state index contributed by atoms with van der Waals surface area (Å²) in [4.78, 5) is 47.5. The Morgan fingerprint density at radius 1 is 1.43 bits per heavy atom. The Hall–Kier alpha value is -2.65. The predicted molar refractivity (Wildman–Crippen MR) is 77.8 cm³/mol. The van der Waals surface area contributed by atoms with E-state index in [1.165, 1.54) is 6.92 Å². The molecule has 1 heterocycles. The number of nitrogens with two attached hydrogens (primary N) is 1. The number of ether oxygens (including phenoxy) is 2. The van der Waals surface area contributed by atoms with Crippen LogP contribution < -0.4 is 11.1 Å². The van der Waals surface area contributed by atoms with E-state index in [4.69, 9.17) is 10.5 Å². The molecule has 0 saturated carbocycles. The van der Waals surface area contributed by atoms with E-state index in [-0.39, 0.29) is 18.7 Å². The molecule has 1 aliphatic heterocycles. The summed E-state index contributed by atoms with van der Waals surface area (Å²) in [6.07, 6.45) is -0.295. The Kier molecular flexibility index (Phi) is 5.66. The molecule has 1 aliphatic rings. The molecule has 0 saturated heterocycles. The molecule has 128 valence electrons. The molecule has 0 aliphatic carbocycles. The van der Waals surface area contributed by atoms with Crippen molar-refractivity contribution in [3.63, 3.8) is 0 Å². The number of carbonyl (C=O) groups excluding carboxylic acids is 4. The lowest BCUT2D eigenvalue weighted by Crippen LogP contribution is -2.69. The first-order chi connectivity index (χ1) is 10.7. The van der Waals surface area contributed by atoms with Crippen LogP contribution in [0.1, 0.15) is 27.2 Å². The fourth-order valence-electron chi connectivity index (χ4n) is 2.36. The van der Waals surface area contributed by atoms with Gasteiger partial charge >= 0.3 is 18.0 Å². The number of esters is 2. The van der Waals surface area contributed by atoms with E-state index in [1.807, 2.05) is 0 Å². The van der Waals surface area contributed by atoms with E-state index in [1.54, 1.807) is 6.92 Å². The van der Waals surface area contributed by atoms with Gasteiger partial charge in [0.2, 0.25) is 11.6 Å². The molecule has 0 aromatic heterocycles. The zero-order valence-corrected chi connectivity index (χ0v) is 13.4. The van der Waals surface area contributed by atoms with Crippen LogP contribution in [0, 0.1) is 5.92 Å². The Morgan fingerprint density at radius 2 is 2.04 bits per heavy atom. The number of rotatable bonds is 4. The maximum atomic E-state index is 12.3. The van der Waals surface area contributed by atoms with Crippen molar-refractivity contribution >= 4 is 29.6 Å². The van der Waals surface area contributed by atoms with Crippen molar-refractivity contribution in [1.29, 1.82) is 0 Å². The Balaban J connectivity index is 3.43. The third-order valence-electron chi connectivity index (χ3n) is 3.31. The molecule has 0 fully saturated rings. The highest BCUT2D eigenvalue weighted by Crippen LogP contribution is 2.31. The first-order valence-electron chi connectivity index (χ1n) is 6.88. The number of nitrogens with zero attached hydrogens (tertiary/aromatic N) is 2. The summed E-state index contributed by atoms with van der Waals surface area (Å²) < 4.78 is 9.61. The molecule has 0 aromatic rings. The van der Waals surface area contributed by atoms with Crippen LogP contribution in [-0.2, 0) is 23.9 Å². The third kappa shape index (κ3) is 3.58. The van der Waals surface area contributed by atoms with Gasteiger partial charge in [-0.05, 0) is 13.8 Å². The Labute approximate surface area is 133 Å². The molecular weight excluding hydrogens is 308 g/mol. The van der Waals surface area contributed by atoms with Crippen LogP contribution in [0.25, 0.3) is 0 Å². The van der Waals surface area contributed by atoms with Crippen molar-refractivity contribution in [2.75, 3.05) is 13.7 Å². The van der Waals surface area contributed by atoms with E-state index >= 15 is 0 Å². The van der Waals surface area contributed by atoms with Gasteiger partial charge in [0.05, 0.1) is 19.4 Å². The van der Waals surface area contributed by atoms with E-state index in [2.05, 4.69) is 15.2 Å². The minimum Gasteiger partial charge on any atom is -0.466 e. The maximum Gasteiger partial charge on any atom is 0.354 e. The smallest absolute Gasteiger partial charge is 0.354 e.